The van der Waals surface area contributed by atoms with Gasteiger partial charge in [0.05, 0.1) is 6.61 Å². The van der Waals surface area contributed by atoms with Gasteiger partial charge in [-0.05, 0) is 37.5 Å². The van der Waals surface area contributed by atoms with E-state index in [2.05, 4.69) is 5.32 Å². The molecule has 1 aliphatic carbocycles. The monoisotopic (exact) mass is 295 g/mol. The van der Waals surface area contributed by atoms with E-state index in [0.717, 1.165) is 31.2 Å². The third-order valence-electron chi connectivity index (χ3n) is 3.29. The van der Waals surface area contributed by atoms with Gasteiger partial charge >= 0.3 is 5.97 Å². The van der Waals surface area contributed by atoms with Crippen LogP contribution in [0.15, 0.2) is 18.2 Å². The minimum Gasteiger partial charge on any atom is -0.482 e. The van der Waals surface area contributed by atoms with Gasteiger partial charge in [-0.3, -0.25) is 0 Å². The maximum atomic E-state index is 13.3. The zero-order chi connectivity index (χ0) is 15.1. The van der Waals surface area contributed by atoms with Crippen molar-refractivity contribution in [3.05, 3.63) is 29.6 Å². The molecule has 1 fully saturated rings. The Labute approximate surface area is 124 Å². The number of esters is 1. The highest BCUT2D eigenvalue weighted by atomic mass is 19.1. The van der Waals surface area contributed by atoms with Crippen LogP contribution >= 0.6 is 0 Å². The van der Waals surface area contributed by atoms with Crippen molar-refractivity contribution in [1.82, 2.24) is 5.32 Å². The van der Waals surface area contributed by atoms with E-state index >= 15 is 0 Å². The van der Waals surface area contributed by atoms with Gasteiger partial charge in [0.25, 0.3) is 0 Å². The Balaban J connectivity index is 1.84. The lowest BCUT2D eigenvalue weighted by Gasteiger charge is -2.12. The second kappa shape index (κ2) is 7.98. The average molecular weight is 295 g/mol. The summed E-state index contributed by atoms with van der Waals surface area (Å²) in [6.45, 7) is 2.84. The van der Waals surface area contributed by atoms with Gasteiger partial charge < -0.3 is 14.8 Å². The number of hydrogen-bond acceptors (Lipinski definition) is 4. The van der Waals surface area contributed by atoms with Crippen LogP contribution in [0, 0.1) is 5.82 Å². The fraction of sp³-hybridized carbons (Fsp3) is 0.562. The smallest absolute Gasteiger partial charge is 0.344 e. The Morgan fingerprint density at radius 3 is 2.95 bits per heavy atom. The van der Waals surface area contributed by atoms with E-state index in [1.54, 1.807) is 6.07 Å². The maximum Gasteiger partial charge on any atom is 0.344 e. The predicted molar refractivity (Wildman–Crippen MR) is 77.6 cm³/mol. The number of carbonyl (C=O) groups is 1. The molecule has 1 aromatic rings. The quantitative estimate of drug-likeness (QED) is 0.562. The Kier molecular flexibility index (Phi) is 5.99. The number of benzene rings is 1. The summed E-state index contributed by atoms with van der Waals surface area (Å²) < 4.78 is 23.8. The standard InChI is InChI=1S/C16H22FNO3/c1-2-3-8-20-16(19)11-21-15-7-4-13(17)9-12(15)10-18-14-5-6-14/h4,7,9,14,18H,2-3,5-6,8,10-11H2,1H3. The predicted octanol–water partition coefficient (Wildman–Crippen LogP) is 2.80. The van der Waals surface area contributed by atoms with E-state index in [1.165, 1.54) is 12.1 Å². The summed E-state index contributed by atoms with van der Waals surface area (Å²) in [4.78, 5) is 11.5. The molecule has 0 radical (unpaired) electrons. The van der Waals surface area contributed by atoms with Crippen molar-refractivity contribution in [2.45, 2.75) is 45.2 Å². The minimum atomic E-state index is -0.395. The molecule has 1 aromatic carbocycles. The van der Waals surface area contributed by atoms with E-state index in [0.29, 0.717) is 24.9 Å². The summed E-state index contributed by atoms with van der Waals surface area (Å²) in [6.07, 6.45) is 4.15. The molecule has 0 saturated heterocycles. The third-order valence-corrected chi connectivity index (χ3v) is 3.29. The number of nitrogens with one attached hydrogen (secondary N) is 1. The molecule has 4 nitrogen and oxygen atoms in total. The van der Waals surface area contributed by atoms with Crippen LogP contribution in [0.5, 0.6) is 5.75 Å². The molecule has 0 spiro atoms. The van der Waals surface area contributed by atoms with Crippen molar-refractivity contribution in [1.29, 1.82) is 0 Å². The second-order valence-electron chi connectivity index (χ2n) is 5.27. The summed E-state index contributed by atoms with van der Waals surface area (Å²) in [5.41, 5.74) is 0.725. The highest BCUT2D eigenvalue weighted by Crippen LogP contribution is 2.23. The normalized spacial score (nSPS) is 14.0. The van der Waals surface area contributed by atoms with E-state index in [-0.39, 0.29) is 12.4 Å². The van der Waals surface area contributed by atoms with Crippen LogP contribution in [-0.4, -0.2) is 25.2 Å². The maximum absolute atomic E-state index is 13.3. The van der Waals surface area contributed by atoms with E-state index in [4.69, 9.17) is 9.47 Å². The molecule has 0 atom stereocenters. The van der Waals surface area contributed by atoms with Gasteiger partial charge in [-0.15, -0.1) is 0 Å². The fourth-order valence-electron chi connectivity index (χ4n) is 1.88. The Bertz CT molecular complexity index is 475. The molecule has 116 valence electrons. The SMILES string of the molecule is CCCCOC(=O)COc1ccc(F)cc1CNC1CC1. The third kappa shape index (κ3) is 5.71. The lowest BCUT2D eigenvalue weighted by Crippen LogP contribution is -2.19. The summed E-state index contributed by atoms with van der Waals surface area (Å²) >= 11 is 0. The second-order valence-corrected chi connectivity index (χ2v) is 5.27. The summed E-state index contributed by atoms with van der Waals surface area (Å²) in [5.74, 6) is -0.175. The first kappa shape index (κ1) is 15.8. The molecular formula is C16H22FNO3. The molecule has 0 unspecified atom stereocenters. The van der Waals surface area contributed by atoms with Crippen molar-refractivity contribution < 1.29 is 18.7 Å². The Morgan fingerprint density at radius 2 is 2.24 bits per heavy atom. The number of rotatable bonds is 9. The van der Waals surface area contributed by atoms with Crippen molar-refractivity contribution in [3.8, 4) is 5.75 Å². The zero-order valence-corrected chi connectivity index (χ0v) is 12.4. The molecule has 5 heteroatoms. The first-order valence-corrected chi connectivity index (χ1v) is 7.49. The molecule has 0 bridgehead atoms. The highest BCUT2D eigenvalue weighted by Gasteiger charge is 2.21. The van der Waals surface area contributed by atoms with Crippen LogP contribution in [-0.2, 0) is 16.1 Å². The zero-order valence-electron chi connectivity index (χ0n) is 12.4. The van der Waals surface area contributed by atoms with Crippen molar-refractivity contribution in [3.63, 3.8) is 0 Å². The van der Waals surface area contributed by atoms with Crippen molar-refractivity contribution in [2.24, 2.45) is 0 Å². The highest BCUT2D eigenvalue weighted by molar-refractivity contribution is 5.71. The van der Waals surface area contributed by atoms with Crippen molar-refractivity contribution in [2.75, 3.05) is 13.2 Å². The molecule has 1 saturated carbocycles. The van der Waals surface area contributed by atoms with Gasteiger partial charge in [0.2, 0.25) is 0 Å². The van der Waals surface area contributed by atoms with E-state index in [9.17, 15) is 9.18 Å². The minimum absolute atomic E-state index is 0.147. The number of halogens is 1. The first-order chi connectivity index (χ1) is 10.2. The average Bonchev–Trinajstić information content (AvgIpc) is 3.28. The Hall–Kier alpha value is -1.62. The Morgan fingerprint density at radius 1 is 1.43 bits per heavy atom. The number of carbonyl (C=O) groups excluding carboxylic acids is 1. The van der Waals surface area contributed by atoms with Gasteiger partial charge in [0, 0.05) is 18.2 Å². The van der Waals surface area contributed by atoms with Crippen LogP contribution < -0.4 is 10.1 Å². The molecule has 21 heavy (non-hydrogen) atoms. The lowest BCUT2D eigenvalue weighted by molar-refractivity contribution is -0.146. The largest absolute Gasteiger partial charge is 0.482 e. The van der Waals surface area contributed by atoms with Crippen LogP contribution in [0.3, 0.4) is 0 Å². The summed E-state index contributed by atoms with van der Waals surface area (Å²) in [7, 11) is 0. The summed E-state index contributed by atoms with van der Waals surface area (Å²) in [6, 6.07) is 4.85. The van der Waals surface area contributed by atoms with Gasteiger partial charge in [0.1, 0.15) is 11.6 Å². The van der Waals surface area contributed by atoms with Gasteiger partial charge in [-0.1, -0.05) is 13.3 Å². The van der Waals surface area contributed by atoms with Crippen LogP contribution in [0.25, 0.3) is 0 Å². The first-order valence-electron chi connectivity index (χ1n) is 7.49. The molecule has 0 heterocycles. The summed E-state index contributed by atoms with van der Waals surface area (Å²) in [5, 5.41) is 3.31. The topological polar surface area (TPSA) is 47.6 Å². The molecule has 1 aliphatic rings. The van der Waals surface area contributed by atoms with E-state index in [1.807, 2.05) is 6.92 Å². The van der Waals surface area contributed by atoms with Gasteiger partial charge in [0.15, 0.2) is 6.61 Å². The molecule has 0 aromatic heterocycles. The molecule has 0 amide bonds. The van der Waals surface area contributed by atoms with Crippen LogP contribution in [0.2, 0.25) is 0 Å². The van der Waals surface area contributed by atoms with Crippen LogP contribution in [0.4, 0.5) is 4.39 Å². The molecule has 0 aliphatic heterocycles. The van der Waals surface area contributed by atoms with Gasteiger partial charge in [-0.25, -0.2) is 9.18 Å². The molecule has 1 N–H and O–H groups in total. The fourth-order valence-corrected chi connectivity index (χ4v) is 1.88. The lowest BCUT2D eigenvalue weighted by atomic mass is 10.2. The van der Waals surface area contributed by atoms with Crippen LogP contribution in [0.1, 0.15) is 38.2 Å². The molecule has 2 rings (SSSR count). The van der Waals surface area contributed by atoms with Crippen molar-refractivity contribution >= 4 is 5.97 Å². The number of unbranched alkanes of at least 4 members (excludes halogenated alkanes) is 1. The van der Waals surface area contributed by atoms with Gasteiger partial charge in [-0.2, -0.15) is 0 Å². The number of hydrogen-bond donors (Lipinski definition) is 1. The number of ether oxygens (including phenoxy) is 2. The molecular weight excluding hydrogens is 273 g/mol. The van der Waals surface area contributed by atoms with E-state index < -0.39 is 5.97 Å².